The van der Waals surface area contributed by atoms with E-state index < -0.39 is 34.4 Å². The summed E-state index contributed by atoms with van der Waals surface area (Å²) in [6.45, 7) is 6.67. The van der Waals surface area contributed by atoms with Crippen molar-refractivity contribution in [3.63, 3.8) is 0 Å². The fourth-order valence-corrected chi connectivity index (χ4v) is 2.49. The number of benzene rings is 1. The van der Waals surface area contributed by atoms with Crippen LogP contribution in [0.15, 0.2) is 24.3 Å². The molecule has 0 heterocycles. The number of amides is 1. The fraction of sp³-hybridized carbons (Fsp3) is 0.500. The van der Waals surface area contributed by atoms with Crippen LogP contribution in [-0.4, -0.2) is 39.2 Å². The lowest BCUT2D eigenvalue weighted by Crippen LogP contribution is -2.39. The lowest BCUT2D eigenvalue weighted by molar-refractivity contribution is -0.141. The predicted octanol–water partition coefficient (Wildman–Crippen LogP) is 1.52. The van der Waals surface area contributed by atoms with Gasteiger partial charge in [0, 0.05) is 12.2 Å². The highest BCUT2D eigenvalue weighted by molar-refractivity contribution is 7.87. The normalized spacial score (nSPS) is 11.7. The maximum atomic E-state index is 11.8. The molecule has 1 amide bonds. The Morgan fingerprint density at radius 2 is 1.69 bits per heavy atom. The van der Waals surface area contributed by atoms with Gasteiger partial charge in [0.2, 0.25) is 0 Å². The van der Waals surface area contributed by atoms with Crippen LogP contribution >= 0.6 is 0 Å². The van der Waals surface area contributed by atoms with E-state index in [1.54, 1.807) is 52.0 Å². The van der Waals surface area contributed by atoms with Crippen LogP contribution in [0.25, 0.3) is 0 Å². The molecule has 3 N–H and O–H groups in total. The minimum atomic E-state index is -3.83. The minimum absolute atomic E-state index is 0.0187. The average molecular weight is 387 g/mol. The molecular formula is C16H25N3O6S. The summed E-state index contributed by atoms with van der Waals surface area (Å²) in [5.74, 6) is -0.657. The van der Waals surface area contributed by atoms with Crippen LogP contribution in [0.1, 0.15) is 33.3 Å². The monoisotopic (exact) mass is 387 g/mol. The Morgan fingerprint density at radius 1 is 1.08 bits per heavy atom. The molecule has 10 heteroatoms. The number of anilines is 1. The van der Waals surface area contributed by atoms with E-state index in [4.69, 9.17) is 4.74 Å². The van der Waals surface area contributed by atoms with Gasteiger partial charge in [-0.2, -0.15) is 17.9 Å². The molecule has 0 unspecified atom stereocenters. The zero-order valence-corrected chi connectivity index (χ0v) is 16.1. The second kappa shape index (κ2) is 9.51. The van der Waals surface area contributed by atoms with Gasteiger partial charge in [0.25, 0.3) is 10.2 Å². The van der Waals surface area contributed by atoms with E-state index in [9.17, 15) is 18.0 Å². The summed E-state index contributed by atoms with van der Waals surface area (Å²) in [6.07, 6.45) is -0.575. The van der Waals surface area contributed by atoms with Gasteiger partial charge in [-0.1, -0.05) is 12.1 Å². The lowest BCUT2D eigenvalue weighted by atomic mass is 10.2. The van der Waals surface area contributed by atoms with Crippen LogP contribution in [-0.2, 0) is 31.0 Å². The van der Waals surface area contributed by atoms with Gasteiger partial charge in [0.05, 0.1) is 6.61 Å². The van der Waals surface area contributed by atoms with Crippen LogP contribution in [0.4, 0.5) is 10.5 Å². The highest BCUT2D eigenvalue weighted by atomic mass is 32.2. The summed E-state index contributed by atoms with van der Waals surface area (Å²) < 4.78 is 37.7. The molecule has 0 radical (unpaired) electrons. The largest absolute Gasteiger partial charge is 0.465 e. The van der Waals surface area contributed by atoms with Crippen molar-refractivity contribution in [2.75, 3.05) is 18.5 Å². The van der Waals surface area contributed by atoms with Crippen molar-refractivity contribution in [2.45, 2.75) is 39.8 Å². The number of carbonyl (C=O) groups excluding carboxylic acids is 2. The zero-order valence-electron chi connectivity index (χ0n) is 15.3. The molecule has 0 saturated carbocycles. The van der Waals surface area contributed by atoms with Crippen molar-refractivity contribution in [3.8, 4) is 0 Å². The summed E-state index contributed by atoms with van der Waals surface area (Å²) in [7, 11) is -3.83. The standard InChI is InChI=1S/C16H25N3O6S/c1-5-24-14(20)11-18-26(22,23)17-10-12-6-8-13(9-7-12)19-15(21)25-16(2,3)4/h6-9,17-18H,5,10-11H2,1-4H3,(H,19,21). The number of hydrogen-bond acceptors (Lipinski definition) is 6. The average Bonchev–Trinajstić information content (AvgIpc) is 2.51. The number of esters is 1. The van der Waals surface area contributed by atoms with Crippen molar-refractivity contribution in [1.29, 1.82) is 0 Å². The minimum Gasteiger partial charge on any atom is -0.465 e. The molecule has 0 aliphatic carbocycles. The van der Waals surface area contributed by atoms with Gasteiger partial charge in [-0.15, -0.1) is 0 Å². The Balaban J connectivity index is 2.49. The molecule has 146 valence electrons. The van der Waals surface area contributed by atoms with Crippen LogP contribution in [0.5, 0.6) is 0 Å². The zero-order chi connectivity index (χ0) is 19.8. The highest BCUT2D eigenvalue weighted by Gasteiger charge is 2.16. The molecule has 1 aromatic rings. The summed E-state index contributed by atoms with van der Waals surface area (Å²) in [4.78, 5) is 22.8. The molecule has 0 spiro atoms. The van der Waals surface area contributed by atoms with E-state index in [-0.39, 0.29) is 13.2 Å². The van der Waals surface area contributed by atoms with Crippen LogP contribution in [0, 0.1) is 0 Å². The van der Waals surface area contributed by atoms with Gasteiger partial charge in [0.15, 0.2) is 0 Å². The molecular weight excluding hydrogens is 362 g/mol. The molecule has 1 rings (SSSR count). The first-order chi connectivity index (χ1) is 12.0. The third kappa shape index (κ3) is 9.35. The second-order valence-corrected chi connectivity index (χ2v) is 7.86. The quantitative estimate of drug-likeness (QED) is 0.581. The van der Waals surface area contributed by atoms with E-state index in [2.05, 4.69) is 19.5 Å². The Morgan fingerprint density at radius 3 is 2.23 bits per heavy atom. The molecule has 0 aromatic heterocycles. The maximum Gasteiger partial charge on any atom is 0.412 e. The van der Waals surface area contributed by atoms with E-state index in [1.807, 2.05) is 0 Å². The first kappa shape index (κ1) is 21.9. The molecule has 0 fully saturated rings. The maximum absolute atomic E-state index is 11.8. The molecule has 9 nitrogen and oxygen atoms in total. The SMILES string of the molecule is CCOC(=O)CNS(=O)(=O)NCc1ccc(NC(=O)OC(C)(C)C)cc1. The smallest absolute Gasteiger partial charge is 0.412 e. The summed E-state index contributed by atoms with van der Waals surface area (Å²) >= 11 is 0. The highest BCUT2D eigenvalue weighted by Crippen LogP contribution is 2.13. The molecule has 1 aromatic carbocycles. The van der Waals surface area contributed by atoms with Gasteiger partial charge in [-0.3, -0.25) is 10.1 Å². The van der Waals surface area contributed by atoms with Crippen molar-refractivity contribution in [1.82, 2.24) is 9.44 Å². The Kier molecular flexibility index (Phi) is 8.00. The van der Waals surface area contributed by atoms with Gasteiger partial charge in [0.1, 0.15) is 12.1 Å². The van der Waals surface area contributed by atoms with E-state index in [0.29, 0.717) is 11.3 Å². The Labute approximate surface area is 153 Å². The van der Waals surface area contributed by atoms with Gasteiger partial charge in [-0.05, 0) is 45.4 Å². The second-order valence-electron chi connectivity index (χ2n) is 6.27. The fourth-order valence-electron chi connectivity index (χ4n) is 1.72. The predicted molar refractivity (Wildman–Crippen MR) is 96.7 cm³/mol. The topological polar surface area (TPSA) is 123 Å². The van der Waals surface area contributed by atoms with Crippen LogP contribution in [0.2, 0.25) is 0 Å². The van der Waals surface area contributed by atoms with Crippen molar-refractivity contribution < 1.29 is 27.5 Å². The summed E-state index contributed by atoms with van der Waals surface area (Å²) in [6, 6.07) is 6.56. The Bertz CT molecular complexity index is 710. The van der Waals surface area contributed by atoms with E-state index in [0.717, 1.165) is 0 Å². The van der Waals surface area contributed by atoms with Crippen LogP contribution < -0.4 is 14.8 Å². The number of carbonyl (C=O) groups is 2. The summed E-state index contributed by atoms with van der Waals surface area (Å²) in [5, 5.41) is 2.58. The number of nitrogens with one attached hydrogen (secondary N) is 3. The third-order valence-electron chi connectivity index (χ3n) is 2.78. The lowest BCUT2D eigenvalue weighted by Gasteiger charge is -2.19. The van der Waals surface area contributed by atoms with E-state index in [1.165, 1.54) is 0 Å². The number of ether oxygens (including phenoxy) is 2. The Hall–Kier alpha value is -2.17. The first-order valence-electron chi connectivity index (χ1n) is 7.99. The van der Waals surface area contributed by atoms with Crippen molar-refractivity contribution in [3.05, 3.63) is 29.8 Å². The van der Waals surface area contributed by atoms with Gasteiger partial charge >= 0.3 is 12.1 Å². The summed E-state index contributed by atoms with van der Waals surface area (Å²) in [5.41, 5.74) is 0.589. The molecule has 26 heavy (non-hydrogen) atoms. The molecule has 0 saturated heterocycles. The number of hydrogen-bond donors (Lipinski definition) is 3. The third-order valence-corrected chi connectivity index (χ3v) is 3.83. The first-order valence-corrected chi connectivity index (χ1v) is 9.48. The molecule has 0 aliphatic heterocycles. The van der Waals surface area contributed by atoms with E-state index >= 15 is 0 Å². The molecule has 0 aliphatic rings. The van der Waals surface area contributed by atoms with Gasteiger partial charge < -0.3 is 9.47 Å². The number of rotatable bonds is 8. The van der Waals surface area contributed by atoms with Crippen molar-refractivity contribution >= 4 is 28.0 Å². The van der Waals surface area contributed by atoms with Crippen molar-refractivity contribution in [2.24, 2.45) is 0 Å². The molecule has 0 atom stereocenters. The van der Waals surface area contributed by atoms with Gasteiger partial charge in [-0.25, -0.2) is 4.79 Å². The van der Waals surface area contributed by atoms with Crippen LogP contribution in [0.3, 0.4) is 0 Å². The molecule has 0 bridgehead atoms.